The van der Waals surface area contributed by atoms with E-state index in [1.54, 1.807) is 0 Å². The predicted octanol–water partition coefficient (Wildman–Crippen LogP) is 2.07. The van der Waals surface area contributed by atoms with Gasteiger partial charge in [-0.1, -0.05) is 0 Å². The monoisotopic (exact) mass is 199 g/mol. The van der Waals surface area contributed by atoms with E-state index in [0.29, 0.717) is 0 Å². The van der Waals surface area contributed by atoms with Crippen molar-refractivity contribution in [2.24, 2.45) is 4.99 Å². The molecule has 13 heavy (non-hydrogen) atoms. The van der Waals surface area contributed by atoms with E-state index >= 15 is 0 Å². The number of thiocarbonyl (C=S) groups is 1. The van der Waals surface area contributed by atoms with E-state index in [-0.39, 0.29) is 11.6 Å². The third-order valence-electron chi connectivity index (χ3n) is 2.79. The lowest BCUT2D eigenvalue weighted by atomic mass is 9.95. The molecule has 4 heteroatoms. The highest BCUT2D eigenvalue weighted by molar-refractivity contribution is 7.78. The second-order valence-corrected chi connectivity index (χ2v) is 4.88. The van der Waals surface area contributed by atoms with Gasteiger partial charge in [0.25, 0.3) is 0 Å². The minimum atomic E-state index is -0.463. The minimum absolute atomic E-state index is 0.0301. The lowest BCUT2D eigenvalue weighted by Crippen LogP contribution is -2.47. The van der Waals surface area contributed by atoms with Crippen LogP contribution >= 0.6 is 12.2 Å². The van der Waals surface area contributed by atoms with Crippen LogP contribution in [0.15, 0.2) is 4.99 Å². The summed E-state index contributed by atoms with van der Waals surface area (Å²) in [6.45, 7) is 7.66. The first-order valence-corrected chi connectivity index (χ1v) is 4.77. The molecule has 1 saturated heterocycles. The van der Waals surface area contributed by atoms with Crippen molar-refractivity contribution in [3.63, 3.8) is 0 Å². The second-order valence-electron chi connectivity index (χ2n) is 4.70. The number of hydrogen-bond acceptors (Lipinski definition) is 3. The average Bonchev–Trinajstić information content (AvgIpc) is 2.14. The molecule has 3 nitrogen and oxygen atoms in total. The highest BCUT2D eigenvalue weighted by Gasteiger charge is 2.52. The smallest absolute Gasteiger partial charge is 0.0823 e. The van der Waals surface area contributed by atoms with E-state index in [0.717, 1.165) is 11.5 Å². The summed E-state index contributed by atoms with van der Waals surface area (Å²) in [7, 11) is 0. The molecule has 0 saturated carbocycles. The van der Waals surface area contributed by atoms with Crippen LogP contribution < -0.4 is 0 Å². The van der Waals surface area contributed by atoms with Gasteiger partial charge in [-0.15, -0.1) is 10.3 Å². The summed E-state index contributed by atoms with van der Waals surface area (Å²) in [5.74, 6) is 0. The first-order chi connectivity index (χ1) is 5.82. The largest absolute Gasteiger partial charge is 0.227 e. The van der Waals surface area contributed by atoms with Crippen molar-refractivity contribution in [2.45, 2.75) is 51.2 Å². The van der Waals surface area contributed by atoms with Crippen LogP contribution in [0.5, 0.6) is 0 Å². The summed E-state index contributed by atoms with van der Waals surface area (Å²) in [6.07, 6.45) is 0.743. The molecule has 0 spiro atoms. The van der Waals surface area contributed by atoms with Gasteiger partial charge in [-0.3, -0.25) is 0 Å². The average molecular weight is 199 g/mol. The molecule has 0 aliphatic carbocycles. The Labute approximate surface area is 84.4 Å². The Kier molecular flexibility index (Phi) is 2.61. The molecule has 1 atom stereocenters. The third-order valence-corrected chi connectivity index (χ3v) is 2.90. The van der Waals surface area contributed by atoms with Crippen molar-refractivity contribution in [3.05, 3.63) is 0 Å². The fourth-order valence-electron chi connectivity index (χ4n) is 1.99. The van der Waals surface area contributed by atoms with Gasteiger partial charge in [0.15, 0.2) is 0 Å². The molecule has 0 amide bonds. The van der Waals surface area contributed by atoms with Gasteiger partial charge in [0.2, 0.25) is 0 Å². The van der Waals surface area contributed by atoms with Gasteiger partial charge in [0.1, 0.15) is 0 Å². The van der Waals surface area contributed by atoms with Crippen LogP contribution in [0.4, 0.5) is 0 Å². The zero-order valence-corrected chi connectivity index (χ0v) is 9.31. The fraction of sp³-hybridized carbons (Fsp3) is 0.889. The Bertz CT molecular complexity index is 256. The Hall–Kier alpha value is -0.280. The van der Waals surface area contributed by atoms with Crippen molar-refractivity contribution in [3.8, 4) is 0 Å². The molecule has 1 fully saturated rings. The van der Waals surface area contributed by atoms with E-state index in [4.69, 9.17) is 0 Å². The van der Waals surface area contributed by atoms with Crippen molar-refractivity contribution in [1.82, 2.24) is 5.06 Å². The number of rotatable bonds is 1. The number of isothiocyanates is 1. The third kappa shape index (κ3) is 1.67. The molecule has 1 unspecified atom stereocenters. The molecule has 0 aromatic rings. The molecular formula is C9H15N2OS. The molecule has 1 aliphatic rings. The first-order valence-electron chi connectivity index (χ1n) is 4.37. The molecule has 73 valence electrons. The van der Waals surface area contributed by atoms with Gasteiger partial charge in [0, 0.05) is 5.54 Å². The van der Waals surface area contributed by atoms with E-state index in [9.17, 15) is 5.21 Å². The molecule has 1 heterocycles. The van der Waals surface area contributed by atoms with E-state index in [2.05, 4.69) is 22.4 Å². The van der Waals surface area contributed by atoms with Gasteiger partial charge < -0.3 is 0 Å². The van der Waals surface area contributed by atoms with Crippen molar-refractivity contribution in [1.29, 1.82) is 0 Å². The molecule has 0 N–H and O–H groups in total. The molecule has 0 bridgehead atoms. The molecule has 0 aromatic carbocycles. The zero-order chi connectivity index (χ0) is 10.3. The summed E-state index contributed by atoms with van der Waals surface area (Å²) in [4.78, 5) is 4.05. The fourth-order valence-corrected chi connectivity index (χ4v) is 2.12. The molecular weight excluding hydrogens is 184 g/mol. The van der Waals surface area contributed by atoms with Crippen LogP contribution in [-0.4, -0.2) is 27.3 Å². The number of aliphatic imine (C=N–C) groups is 1. The van der Waals surface area contributed by atoms with Crippen LogP contribution in [0.2, 0.25) is 0 Å². The maximum absolute atomic E-state index is 11.8. The first kappa shape index (κ1) is 10.8. The van der Waals surface area contributed by atoms with Crippen molar-refractivity contribution >= 4 is 17.4 Å². The zero-order valence-electron chi connectivity index (χ0n) is 8.50. The standard InChI is InChI=1S/C9H15N2OS/c1-8(2)5-7(10-6-13)9(3,4)11(8)12/h7H,5H2,1-4H3. The highest BCUT2D eigenvalue weighted by Crippen LogP contribution is 2.40. The number of hydrogen-bond donors (Lipinski definition) is 0. The molecule has 0 aromatic heterocycles. The van der Waals surface area contributed by atoms with Crippen LogP contribution in [0.3, 0.4) is 0 Å². The lowest BCUT2D eigenvalue weighted by molar-refractivity contribution is -0.245. The maximum Gasteiger partial charge on any atom is 0.0823 e. The van der Waals surface area contributed by atoms with Crippen LogP contribution in [0.25, 0.3) is 0 Å². The van der Waals surface area contributed by atoms with Gasteiger partial charge in [-0.2, -0.15) is 0 Å². The predicted molar refractivity (Wildman–Crippen MR) is 54.1 cm³/mol. The molecule has 1 rings (SSSR count). The lowest BCUT2D eigenvalue weighted by Gasteiger charge is -2.32. The Morgan fingerprint density at radius 2 is 2.00 bits per heavy atom. The van der Waals surface area contributed by atoms with Gasteiger partial charge in [-0.25, -0.2) is 4.99 Å². The summed E-state index contributed by atoms with van der Waals surface area (Å²) >= 11 is 4.57. The molecule has 1 aliphatic heterocycles. The summed E-state index contributed by atoms with van der Waals surface area (Å²) in [5, 5.41) is 15.3. The normalized spacial score (nSPS) is 31.3. The maximum atomic E-state index is 11.8. The number of hydroxylamine groups is 2. The summed E-state index contributed by atoms with van der Waals surface area (Å²) in [5.41, 5.74) is -0.806. The van der Waals surface area contributed by atoms with E-state index < -0.39 is 5.54 Å². The summed E-state index contributed by atoms with van der Waals surface area (Å²) < 4.78 is 0. The van der Waals surface area contributed by atoms with E-state index in [1.807, 2.05) is 27.7 Å². The Morgan fingerprint density at radius 1 is 1.46 bits per heavy atom. The molecule has 1 radical (unpaired) electrons. The minimum Gasteiger partial charge on any atom is -0.227 e. The Balaban J connectivity index is 2.99. The second kappa shape index (κ2) is 3.14. The SMILES string of the molecule is CC1(C)CC(N=C=S)C(C)(C)N1[O]. The number of nitrogens with zero attached hydrogens (tertiary/aromatic N) is 2. The van der Waals surface area contributed by atoms with Crippen LogP contribution in [-0.2, 0) is 5.21 Å². The van der Waals surface area contributed by atoms with Gasteiger partial charge in [0.05, 0.1) is 16.7 Å². The Morgan fingerprint density at radius 3 is 2.31 bits per heavy atom. The van der Waals surface area contributed by atoms with Crippen LogP contribution in [0, 0.1) is 0 Å². The summed E-state index contributed by atoms with van der Waals surface area (Å²) in [6, 6.07) is -0.0301. The van der Waals surface area contributed by atoms with Gasteiger partial charge in [-0.05, 0) is 46.3 Å². The van der Waals surface area contributed by atoms with E-state index in [1.165, 1.54) is 0 Å². The van der Waals surface area contributed by atoms with Crippen molar-refractivity contribution in [2.75, 3.05) is 0 Å². The highest BCUT2D eigenvalue weighted by atomic mass is 32.1. The van der Waals surface area contributed by atoms with Crippen molar-refractivity contribution < 1.29 is 5.21 Å². The van der Waals surface area contributed by atoms with Gasteiger partial charge >= 0.3 is 0 Å². The topological polar surface area (TPSA) is 35.5 Å². The van der Waals surface area contributed by atoms with Crippen LogP contribution in [0.1, 0.15) is 34.1 Å². The quantitative estimate of drug-likeness (QED) is 0.478.